The standard InChI is InChI=1S/C19H31N7O/c20-18(24-16-6-3-1-2-4-7-16)21-11-8-17(27)25-12-14-26(15-13-25)19-22-9-5-10-23-19/h5,9-10,16H,1-4,6-8,11-15H2,(H3,20,21,24). The van der Waals surface area contributed by atoms with E-state index in [1.807, 2.05) is 4.90 Å². The van der Waals surface area contributed by atoms with Crippen LogP contribution >= 0.6 is 0 Å². The van der Waals surface area contributed by atoms with Gasteiger partial charge in [-0.15, -0.1) is 0 Å². The molecule has 8 nitrogen and oxygen atoms in total. The summed E-state index contributed by atoms with van der Waals surface area (Å²) in [5.74, 6) is 1.34. The molecule has 148 valence electrons. The molecular formula is C19H31N7O. The minimum absolute atomic E-state index is 0.134. The van der Waals surface area contributed by atoms with E-state index in [1.165, 1.54) is 25.7 Å². The number of aliphatic imine (C=N–C) groups is 1. The number of piperazine rings is 1. The van der Waals surface area contributed by atoms with Crippen molar-refractivity contribution in [3.63, 3.8) is 0 Å². The van der Waals surface area contributed by atoms with Gasteiger partial charge in [-0.25, -0.2) is 9.97 Å². The molecule has 0 unspecified atom stereocenters. The number of guanidine groups is 1. The molecule has 3 rings (SSSR count). The fourth-order valence-corrected chi connectivity index (χ4v) is 3.72. The third-order valence-electron chi connectivity index (χ3n) is 5.28. The van der Waals surface area contributed by atoms with Crippen molar-refractivity contribution in [3.8, 4) is 0 Å². The van der Waals surface area contributed by atoms with Crippen LogP contribution in [0.1, 0.15) is 44.9 Å². The lowest BCUT2D eigenvalue weighted by Crippen LogP contribution is -2.49. The van der Waals surface area contributed by atoms with E-state index in [2.05, 4.69) is 25.2 Å². The van der Waals surface area contributed by atoms with E-state index in [0.29, 0.717) is 38.1 Å². The van der Waals surface area contributed by atoms with Gasteiger partial charge in [0.2, 0.25) is 11.9 Å². The zero-order chi connectivity index (χ0) is 18.9. The molecule has 27 heavy (non-hydrogen) atoms. The van der Waals surface area contributed by atoms with E-state index in [0.717, 1.165) is 31.9 Å². The number of carbonyl (C=O) groups excluding carboxylic acids is 1. The third-order valence-corrected chi connectivity index (χ3v) is 5.28. The number of nitrogens with two attached hydrogens (primary N) is 1. The molecule has 0 atom stereocenters. The molecule has 0 bridgehead atoms. The van der Waals surface area contributed by atoms with Crippen LogP contribution in [0.25, 0.3) is 0 Å². The number of carbonyl (C=O) groups is 1. The maximum Gasteiger partial charge on any atom is 0.225 e. The molecule has 0 spiro atoms. The van der Waals surface area contributed by atoms with E-state index < -0.39 is 0 Å². The average molecular weight is 374 g/mol. The Bertz CT molecular complexity index is 606. The lowest BCUT2D eigenvalue weighted by atomic mass is 10.1. The largest absolute Gasteiger partial charge is 0.370 e. The van der Waals surface area contributed by atoms with E-state index in [4.69, 9.17) is 5.73 Å². The molecule has 0 radical (unpaired) electrons. The second-order valence-corrected chi connectivity index (χ2v) is 7.27. The van der Waals surface area contributed by atoms with Crippen molar-refractivity contribution >= 4 is 17.8 Å². The Balaban J connectivity index is 1.37. The summed E-state index contributed by atoms with van der Waals surface area (Å²) in [5.41, 5.74) is 6.00. The maximum absolute atomic E-state index is 12.4. The minimum atomic E-state index is 0.134. The molecule has 1 aliphatic heterocycles. The molecular weight excluding hydrogens is 342 g/mol. The van der Waals surface area contributed by atoms with Crippen LogP contribution < -0.4 is 16.0 Å². The number of amides is 1. The lowest BCUT2D eigenvalue weighted by molar-refractivity contribution is -0.131. The van der Waals surface area contributed by atoms with Crippen molar-refractivity contribution in [1.29, 1.82) is 0 Å². The molecule has 2 aliphatic rings. The minimum Gasteiger partial charge on any atom is -0.370 e. The number of nitrogens with one attached hydrogen (secondary N) is 1. The van der Waals surface area contributed by atoms with Crippen molar-refractivity contribution in [2.45, 2.75) is 51.0 Å². The molecule has 0 aromatic carbocycles. The van der Waals surface area contributed by atoms with Crippen LogP contribution in [-0.2, 0) is 4.79 Å². The Labute approximate surface area is 161 Å². The average Bonchev–Trinajstić information content (AvgIpc) is 2.97. The summed E-state index contributed by atoms with van der Waals surface area (Å²) < 4.78 is 0. The topological polar surface area (TPSA) is 99.7 Å². The monoisotopic (exact) mass is 373 g/mol. The Hall–Kier alpha value is -2.38. The van der Waals surface area contributed by atoms with Gasteiger partial charge in [-0.3, -0.25) is 9.79 Å². The fourth-order valence-electron chi connectivity index (χ4n) is 3.72. The Morgan fingerprint density at radius 3 is 2.44 bits per heavy atom. The number of anilines is 1. The van der Waals surface area contributed by atoms with Gasteiger partial charge in [0.15, 0.2) is 5.96 Å². The number of hydrogen-bond donors (Lipinski definition) is 2. The fraction of sp³-hybridized carbons (Fsp3) is 0.684. The van der Waals surface area contributed by atoms with Gasteiger partial charge in [-0.2, -0.15) is 0 Å². The highest BCUT2D eigenvalue weighted by Gasteiger charge is 2.22. The predicted molar refractivity (Wildman–Crippen MR) is 107 cm³/mol. The first-order valence-electron chi connectivity index (χ1n) is 10.1. The van der Waals surface area contributed by atoms with Gasteiger partial charge >= 0.3 is 0 Å². The normalized spacial score (nSPS) is 19.6. The second-order valence-electron chi connectivity index (χ2n) is 7.27. The Morgan fingerprint density at radius 2 is 1.78 bits per heavy atom. The molecule has 1 aliphatic carbocycles. The second kappa shape index (κ2) is 10.1. The van der Waals surface area contributed by atoms with Gasteiger partial charge in [0.25, 0.3) is 0 Å². The summed E-state index contributed by atoms with van der Waals surface area (Å²) in [6.45, 7) is 3.33. The highest BCUT2D eigenvalue weighted by molar-refractivity contribution is 5.79. The summed E-state index contributed by atoms with van der Waals surface area (Å²) in [5, 5.41) is 3.32. The summed E-state index contributed by atoms with van der Waals surface area (Å²) in [6.07, 6.45) is 11.3. The lowest BCUT2D eigenvalue weighted by Gasteiger charge is -2.34. The van der Waals surface area contributed by atoms with Gasteiger partial charge in [0.1, 0.15) is 0 Å². The van der Waals surface area contributed by atoms with Crippen LogP contribution in [0.3, 0.4) is 0 Å². The van der Waals surface area contributed by atoms with Crippen LogP contribution in [-0.4, -0.2) is 65.5 Å². The van der Waals surface area contributed by atoms with Crippen LogP contribution in [0.4, 0.5) is 5.95 Å². The number of hydrogen-bond acceptors (Lipinski definition) is 5. The van der Waals surface area contributed by atoms with E-state index in [1.54, 1.807) is 18.5 Å². The number of nitrogens with zero attached hydrogens (tertiary/aromatic N) is 5. The highest BCUT2D eigenvalue weighted by Crippen LogP contribution is 2.17. The van der Waals surface area contributed by atoms with Crippen molar-refractivity contribution in [3.05, 3.63) is 18.5 Å². The smallest absolute Gasteiger partial charge is 0.225 e. The zero-order valence-corrected chi connectivity index (χ0v) is 16.0. The summed E-state index contributed by atoms with van der Waals surface area (Å²) >= 11 is 0. The maximum atomic E-state index is 12.4. The van der Waals surface area contributed by atoms with Crippen LogP contribution in [0.5, 0.6) is 0 Å². The Morgan fingerprint density at radius 1 is 1.11 bits per heavy atom. The predicted octanol–water partition coefficient (Wildman–Crippen LogP) is 1.14. The molecule has 1 aromatic rings. The molecule has 1 amide bonds. The molecule has 1 saturated carbocycles. The van der Waals surface area contributed by atoms with Crippen LogP contribution in [0.2, 0.25) is 0 Å². The Kier molecular flexibility index (Phi) is 7.24. The molecule has 1 aromatic heterocycles. The number of aromatic nitrogens is 2. The van der Waals surface area contributed by atoms with Gasteiger partial charge in [0.05, 0.1) is 6.54 Å². The zero-order valence-electron chi connectivity index (χ0n) is 16.0. The van der Waals surface area contributed by atoms with E-state index in [9.17, 15) is 4.79 Å². The highest BCUT2D eigenvalue weighted by atomic mass is 16.2. The van der Waals surface area contributed by atoms with Crippen molar-refractivity contribution in [2.24, 2.45) is 10.7 Å². The first-order chi connectivity index (χ1) is 13.2. The van der Waals surface area contributed by atoms with Gasteiger partial charge in [-0.1, -0.05) is 25.7 Å². The third kappa shape index (κ3) is 6.08. The van der Waals surface area contributed by atoms with Gasteiger partial charge < -0.3 is 20.9 Å². The SMILES string of the molecule is NC(=NCCC(=O)N1CCN(c2ncccn2)CC1)NC1CCCCCC1. The van der Waals surface area contributed by atoms with E-state index >= 15 is 0 Å². The first-order valence-corrected chi connectivity index (χ1v) is 10.1. The van der Waals surface area contributed by atoms with Gasteiger partial charge in [0, 0.05) is 51.0 Å². The summed E-state index contributed by atoms with van der Waals surface area (Å²) in [7, 11) is 0. The summed E-state index contributed by atoms with van der Waals surface area (Å²) in [6, 6.07) is 2.24. The first kappa shape index (κ1) is 19.4. The van der Waals surface area contributed by atoms with Crippen molar-refractivity contribution < 1.29 is 4.79 Å². The van der Waals surface area contributed by atoms with Crippen LogP contribution in [0, 0.1) is 0 Å². The number of rotatable bonds is 5. The van der Waals surface area contributed by atoms with Crippen LogP contribution in [0.15, 0.2) is 23.5 Å². The molecule has 2 fully saturated rings. The van der Waals surface area contributed by atoms with Gasteiger partial charge in [-0.05, 0) is 18.9 Å². The van der Waals surface area contributed by atoms with Crippen molar-refractivity contribution in [1.82, 2.24) is 20.2 Å². The van der Waals surface area contributed by atoms with Crippen molar-refractivity contribution in [2.75, 3.05) is 37.6 Å². The quantitative estimate of drug-likeness (QED) is 0.456. The summed E-state index contributed by atoms with van der Waals surface area (Å²) in [4.78, 5) is 29.3. The molecule has 8 heteroatoms. The molecule has 2 heterocycles. The van der Waals surface area contributed by atoms with E-state index in [-0.39, 0.29) is 5.91 Å². The molecule has 1 saturated heterocycles. The molecule has 3 N–H and O–H groups in total.